The molecule has 4 heteroatoms. The zero-order valence-corrected chi connectivity index (χ0v) is 16.8. The highest BCUT2D eigenvalue weighted by atomic mass is 32.1. The number of nitrogens with zero attached hydrogens (tertiary/aromatic N) is 1. The smallest absolute Gasteiger partial charge is 0.254 e. The lowest BCUT2D eigenvalue weighted by atomic mass is 10.0. The van der Waals surface area contributed by atoms with Gasteiger partial charge in [-0.05, 0) is 44.9 Å². The zero-order chi connectivity index (χ0) is 19.1. The van der Waals surface area contributed by atoms with Crippen LogP contribution in [-0.2, 0) is 13.0 Å². The Bertz CT molecular complexity index is 733. The minimum Gasteiger partial charge on any atom is -0.375 e. The van der Waals surface area contributed by atoms with Crippen LogP contribution in [0.4, 0.5) is 0 Å². The Kier molecular flexibility index (Phi) is 7.34. The van der Waals surface area contributed by atoms with Crippen LogP contribution >= 0.6 is 12.2 Å². The molecule has 3 nitrogen and oxygen atoms in total. The molecule has 0 aliphatic carbocycles. The van der Waals surface area contributed by atoms with Crippen LogP contribution in [0.2, 0.25) is 0 Å². The second-order valence-corrected chi connectivity index (χ2v) is 7.49. The van der Waals surface area contributed by atoms with Crippen LogP contribution in [0, 0.1) is 0 Å². The SMILES string of the molecule is CC(C)N(C(=O)c1ccccc1CC(=S)NCc1ccccc1)C(C)C. The number of nitrogens with one attached hydrogen (secondary N) is 1. The first kappa shape index (κ1) is 20.1. The molecule has 138 valence electrons. The Hall–Kier alpha value is -2.20. The Morgan fingerprint density at radius 2 is 1.54 bits per heavy atom. The van der Waals surface area contributed by atoms with Crippen LogP contribution in [0.25, 0.3) is 0 Å². The monoisotopic (exact) mass is 368 g/mol. The molecule has 0 aliphatic rings. The molecule has 1 N–H and O–H groups in total. The van der Waals surface area contributed by atoms with E-state index < -0.39 is 0 Å². The number of rotatable bonds is 7. The van der Waals surface area contributed by atoms with Gasteiger partial charge in [0, 0.05) is 30.6 Å². The maximum Gasteiger partial charge on any atom is 0.254 e. The number of carbonyl (C=O) groups is 1. The van der Waals surface area contributed by atoms with Crippen molar-refractivity contribution in [3.8, 4) is 0 Å². The predicted molar refractivity (Wildman–Crippen MR) is 112 cm³/mol. The third-order valence-electron chi connectivity index (χ3n) is 4.28. The van der Waals surface area contributed by atoms with Crippen molar-refractivity contribution in [2.75, 3.05) is 0 Å². The molecule has 0 spiro atoms. The van der Waals surface area contributed by atoms with E-state index in [-0.39, 0.29) is 18.0 Å². The van der Waals surface area contributed by atoms with Gasteiger partial charge in [0.25, 0.3) is 5.91 Å². The van der Waals surface area contributed by atoms with E-state index in [2.05, 4.69) is 17.4 Å². The van der Waals surface area contributed by atoms with E-state index in [9.17, 15) is 4.79 Å². The summed E-state index contributed by atoms with van der Waals surface area (Å²) in [4.78, 5) is 15.7. The first-order valence-corrected chi connectivity index (χ1v) is 9.52. The third kappa shape index (κ3) is 5.40. The standard InChI is InChI=1S/C22H28N2OS/c1-16(2)24(17(3)4)22(25)20-13-9-8-12-19(20)14-21(26)23-15-18-10-6-5-7-11-18/h5-13,16-17H,14-15H2,1-4H3,(H,23,26). The van der Waals surface area contributed by atoms with Crippen molar-refractivity contribution in [3.05, 3.63) is 71.3 Å². The minimum absolute atomic E-state index is 0.0662. The van der Waals surface area contributed by atoms with Gasteiger partial charge in [0.15, 0.2) is 0 Å². The molecule has 0 saturated carbocycles. The summed E-state index contributed by atoms with van der Waals surface area (Å²) in [6.07, 6.45) is 0.564. The number of amides is 1. The molecule has 26 heavy (non-hydrogen) atoms. The Morgan fingerprint density at radius 3 is 2.15 bits per heavy atom. The summed E-state index contributed by atoms with van der Waals surface area (Å²) >= 11 is 5.51. The number of carbonyl (C=O) groups excluding carboxylic acids is 1. The number of hydrogen-bond donors (Lipinski definition) is 1. The van der Waals surface area contributed by atoms with Crippen LogP contribution in [0.1, 0.15) is 49.2 Å². The molecule has 0 aliphatic heterocycles. The van der Waals surface area contributed by atoms with E-state index in [0.717, 1.165) is 16.1 Å². The minimum atomic E-state index is 0.0662. The molecule has 0 atom stereocenters. The average Bonchev–Trinajstić information content (AvgIpc) is 2.60. The first-order valence-electron chi connectivity index (χ1n) is 9.11. The molecule has 0 radical (unpaired) electrons. The van der Waals surface area contributed by atoms with Crippen molar-refractivity contribution in [2.24, 2.45) is 0 Å². The molecule has 2 aromatic rings. The number of thiocarbonyl (C=S) groups is 1. The largest absolute Gasteiger partial charge is 0.375 e. The fraction of sp³-hybridized carbons (Fsp3) is 0.364. The fourth-order valence-electron chi connectivity index (χ4n) is 3.12. The van der Waals surface area contributed by atoms with Crippen molar-refractivity contribution in [1.29, 1.82) is 0 Å². The van der Waals surface area contributed by atoms with Crippen molar-refractivity contribution in [2.45, 2.75) is 52.7 Å². The molecule has 0 unspecified atom stereocenters. The Balaban J connectivity index is 2.10. The number of benzene rings is 2. The molecular formula is C22H28N2OS. The lowest BCUT2D eigenvalue weighted by molar-refractivity contribution is 0.0643. The highest BCUT2D eigenvalue weighted by Gasteiger charge is 2.23. The van der Waals surface area contributed by atoms with Crippen LogP contribution < -0.4 is 5.32 Å². The first-order chi connectivity index (χ1) is 12.4. The van der Waals surface area contributed by atoms with Gasteiger partial charge in [-0.3, -0.25) is 4.79 Å². The van der Waals surface area contributed by atoms with E-state index in [1.54, 1.807) is 0 Å². The van der Waals surface area contributed by atoms with Gasteiger partial charge in [0.2, 0.25) is 0 Å². The van der Waals surface area contributed by atoms with E-state index in [0.29, 0.717) is 13.0 Å². The van der Waals surface area contributed by atoms with E-state index in [1.165, 1.54) is 5.56 Å². The normalized spacial score (nSPS) is 10.8. The van der Waals surface area contributed by atoms with Crippen LogP contribution in [0.5, 0.6) is 0 Å². The summed E-state index contributed by atoms with van der Waals surface area (Å²) in [5.74, 6) is 0.0662. The van der Waals surface area contributed by atoms with E-state index >= 15 is 0 Å². The lowest BCUT2D eigenvalue weighted by Crippen LogP contribution is -2.42. The molecule has 0 bridgehead atoms. The van der Waals surface area contributed by atoms with E-state index in [4.69, 9.17) is 12.2 Å². The summed E-state index contributed by atoms with van der Waals surface area (Å²) in [6, 6.07) is 18.2. The Labute approximate surface area is 162 Å². The average molecular weight is 369 g/mol. The van der Waals surface area contributed by atoms with Gasteiger partial charge in [-0.2, -0.15) is 0 Å². The molecule has 0 saturated heterocycles. The van der Waals surface area contributed by atoms with Crippen molar-refractivity contribution >= 4 is 23.1 Å². The van der Waals surface area contributed by atoms with Gasteiger partial charge in [0.1, 0.15) is 0 Å². The maximum atomic E-state index is 13.1. The predicted octanol–water partition coefficient (Wildman–Crippen LogP) is 4.61. The van der Waals surface area contributed by atoms with Gasteiger partial charge in [-0.1, -0.05) is 60.7 Å². The van der Waals surface area contributed by atoms with Gasteiger partial charge in [-0.15, -0.1) is 0 Å². The van der Waals surface area contributed by atoms with Gasteiger partial charge < -0.3 is 10.2 Å². The summed E-state index contributed by atoms with van der Waals surface area (Å²) in [5.41, 5.74) is 2.89. The molecule has 0 heterocycles. The quantitative estimate of drug-likeness (QED) is 0.725. The second kappa shape index (κ2) is 9.48. The summed E-state index contributed by atoms with van der Waals surface area (Å²) in [6.45, 7) is 8.89. The molecule has 1 amide bonds. The highest BCUT2D eigenvalue weighted by molar-refractivity contribution is 7.80. The molecule has 0 aromatic heterocycles. The highest BCUT2D eigenvalue weighted by Crippen LogP contribution is 2.17. The third-order valence-corrected chi connectivity index (χ3v) is 4.57. The van der Waals surface area contributed by atoms with Crippen molar-refractivity contribution < 1.29 is 4.79 Å². The molecule has 0 fully saturated rings. The summed E-state index contributed by atoms with van der Waals surface area (Å²) in [7, 11) is 0. The number of hydrogen-bond acceptors (Lipinski definition) is 2. The maximum absolute atomic E-state index is 13.1. The second-order valence-electron chi connectivity index (χ2n) is 7.00. The van der Waals surface area contributed by atoms with Crippen molar-refractivity contribution in [3.63, 3.8) is 0 Å². The van der Waals surface area contributed by atoms with Crippen LogP contribution in [-0.4, -0.2) is 27.9 Å². The Morgan fingerprint density at radius 1 is 0.962 bits per heavy atom. The van der Waals surface area contributed by atoms with E-state index in [1.807, 2.05) is 75.1 Å². The molecule has 2 aromatic carbocycles. The zero-order valence-electron chi connectivity index (χ0n) is 16.0. The summed E-state index contributed by atoms with van der Waals surface area (Å²) < 4.78 is 0. The van der Waals surface area contributed by atoms with Gasteiger partial charge in [-0.25, -0.2) is 0 Å². The van der Waals surface area contributed by atoms with Crippen LogP contribution in [0.15, 0.2) is 54.6 Å². The topological polar surface area (TPSA) is 32.3 Å². The fourth-order valence-corrected chi connectivity index (χ4v) is 3.35. The lowest BCUT2D eigenvalue weighted by Gasteiger charge is -2.31. The molecule has 2 rings (SSSR count). The summed E-state index contributed by atoms with van der Waals surface area (Å²) in [5, 5.41) is 3.29. The van der Waals surface area contributed by atoms with Crippen LogP contribution in [0.3, 0.4) is 0 Å². The van der Waals surface area contributed by atoms with Gasteiger partial charge in [0.05, 0.1) is 4.99 Å². The van der Waals surface area contributed by atoms with Gasteiger partial charge >= 0.3 is 0 Å². The molecular weight excluding hydrogens is 340 g/mol. The van der Waals surface area contributed by atoms with Crippen molar-refractivity contribution in [1.82, 2.24) is 10.2 Å².